The van der Waals surface area contributed by atoms with Crippen LogP contribution in [0.15, 0.2) is 0 Å². The molecule has 0 bridgehead atoms. The lowest BCUT2D eigenvalue weighted by Crippen LogP contribution is -2.46. The molecular weight excluding hydrogens is 149 g/mol. The molecule has 6 heteroatoms. The Bertz CT molecular complexity index is 95.0. The Morgan fingerprint density at radius 3 is 2.10 bits per heavy atom. The van der Waals surface area contributed by atoms with Gasteiger partial charge in [-0.2, -0.15) is 13.2 Å². The van der Waals surface area contributed by atoms with Gasteiger partial charge in [0.25, 0.3) is 0 Å². The molecule has 0 aliphatic carbocycles. The molecule has 0 rings (SSSR count). The van der Waals surface area contributed by atoms with E-state index < -0.39 is 25.2 Å². The van der Waals surface area contributed by atoms with Crippen LogP contribution in [0.4, 0.5) is 13.2 Å². The predicted molar refractivity (Wildman–Crippen MR) is 28.9 cm³/mol. The maximum atomic E-state index is 11.7. The number of halogens is 3. The highest BCUT2D eigenvalue weighted by Gasteiger charge is 2.38. The molecule has 10 heavy (non-hydrogen) atoms. The number of hydrogen-bond donors (Lipinski definition) is 3. The van der Waals surface area contributed by atoms with Crippen LogP contribution >= 0.6 is 0 Å². The highest BCUT2D eigenvalue weighted by Crippen LogP contribution is 2.21. The van der Waals surface area contributed by atoms with Crippen molar-refractivity contribution in [2.24, 2.45) is 5.84 Å². The predicted octanol–water partition coefficient (Wildman–Crippen LogP) is -0.237. The second-order valence-corrected chi connectivity index (χ2v) is 1.77. The number of hydrazine groups is 1. The summed E-state index contributed by atoms with van der Waals surface area (Å²) < 4.78 is 35.0. The summed E-state index contributed by atoms with van der Waals surface area (Å²) >= 11 is 0. The summed E-state index contributed by atoms with van der Waals surface area (Å²) in [7, 11) is 0. The molecule has 0 aromatic carbocycles. The average Bonchev–Trinajstić information content (AvgIpc) is 1.80. The highest BCUT2D eigenvalue weighted by atomic mass is 19.4. The van der Waals surface area contributed by atoms with E-state index in [9.17, 15) is 13.2 Å². The molecule has 3 nitrogen and oxygen atoms in total. The van der Waals surface area contributed by atoms with Crippen molar-refractivity contribution in [1.29, 1.82) is 0 Å². The molecule has 0 aliphatic rings. The lowest BCUT2D eigenvalue weighted by atomic mass is 10.2. The molecule has 0 aromatic heterocycles. The number of rotatable bonds is 3. The Hall–Kier alpha value is -0.330. The third-order valence-corrected chi connectivity index (χ3v) is 1.01. The van der Waals surface area contributed by atoms with E-state index in [1.165, 1.54) is 0 Å². The Morgan fingerprint density at radius 1 is 1.50 bits per heavy atom. The molecule has 0 fully saturated rings. The molecule has 0 radical (unpaired) electrons. The van der Waals surface area contributed by atoms with Gasteiger partial charge < -0.3 is 5.11 Å². The molecule has 0 aromatic rings. The lowest BCUT2D eigenvalue weighted by molar-refractivity contribution is -0.159. The van der Waals surface area contributed by atoms with Crippen molar-refractivity contribution >= 4 is 0 Å². The smallest absolute Gasteiger partial charge is 0.396 e. The summed E-state index contributed by atoms with van der Waals surface area (Å²) in [6, 6.07) is -1.81. The van der Waals surface area contributed by atoms with Crippen molar-refractivity contribution in [1.82, 2.24) is 5.43 Å². The van der Waals surface area contributed by atoms with Gasteiger partial charge in [-0.15, -0.1) is 0 Å². The summed E-state index contributed by atoms with van der Waals surface area (Å²) in [5.41, 5.74) is 1.56. The minimum atomic E-state index is -4.38. The van der Waals surface area contributed by atoms with Crippen LogP contribution in [-0.2, 0) is 0 Å². The zero-order chi connectivity index (χ0) is 8.20. The molecule has 0 amide bonds. The van der Waals surface area contributed by atoms with E-state index in [0.717, 1.165) is 0 Å². The van der Waals surface area contributed by atoms with E-state index in [2.05, 4.69) is 5.84 Å². The van der Waals surface area contributed by atoms with Gasteiger partial charge in [0.05, 0.1) is 0 Å². The number of aliphatic hydroxyl groups is 1. The summed E-state index contributed by atoms with van der Waals surface area (Å²) in [5.74, 6) is 4.56. The van der Waals surface area contributed by atoms with Crippen molar-refractivity contribution in [3.8, 4) is 0 Å². The average molecular weight is 158 g/mol. The maximum absolute atomic E-state index is 11.7. The van der Waals surface area contributed by atoms with E-state index in [0.29, 0.717) is 0 Å². The summed E-state index contributed by atoms with van der Waals surface area (Å²) in [4.78, 5) is 0. The first kappa shape index (κ1) is 9.67. The van der Waals surface area contributed by atoms with Crippen LogP contribution in [0.1, 0.15) is 6.42 Å². The highest BCUT2D eigenvalue weighted by molar-refractivity contribution is 4.71. The zero-order valence-electron chi connectivity index (χ0n) is 5.15. The van der Waals surface area contributed by atoms with E-state index in [-0.39, 0.29) is 0 Å². The van der Waals surface area contributed by atoms with E-state index in [4.69, 9.17) is 5.11 Å². The monoisotopic (exact) mass is 158 g/mol. The van der Waals surface area contributed by atoms with Gasteiger partial charge >= 0.3 is 6.18 Å². The lowest BCUT2D eigenvalue weighted by Gasteiger charge is -2.17. The Labute approximate surface area is 56.0 Å². The fourth-order valence-electron chi connectivity index (χ4n) is 0.471. The third-order valence-electron chi connectivity index (χ3n) is 1.01. The summed E-state index contributed by atoms with van der Waals surface area (Å²) in [6.45, 7) is -0.533. The van der Waals surface area contributed by atoms with Crippen molar-refractivity contribution in [3.63, 3.8) is 0 Å². The number of hydrogen-bond acceptors (Lipinski definition) is 3. The van der Waals surface area contributed by atoms with Crippen LogP contribution in [0, 0.1) is 0 Å². The largest absolute Gasteiger partial charge is 0.405 e. The standard InChI is InChI=1S/C4H9F3N2O/c5-4(6,7)3(9-8)1-2-10/h3,9-10H,1-2,8H2/t3-/m1/s1. The first-order chi connectivity index (χ1) is 4.52. The van der Waals surface area contributed by atoms with Crippen LogP contribution in [0.2, 0.25) is 0 Å². The van der Waals surface area contributed by atoms with Gasteiger partial charge in [-0.05, 0) is 6.42 Å². The molecule has 0 heterocycles. The molecule has 4 N–H and O–H groups in total. The van der Waals surface area contributed by atoms with Gasteiger partial charge in [-0.1, -0.05) is 0 Å². The molecule has 0 spiro atoms. The minimum absolute atomic E-state index is 0.417. The number of aliphatic hydroxyl groups excluding tert-OH is 1. The van der Waals surface area contributed by atoms with Gasteiger partial charge in [0.1, 0.15) is 6.04 Å². The second-order valence-electron chi connectivity index (χ2n) is 1.77. The van der Waals surface area contributed by atoms with Gasteiger partial charge in [0, 0.05) is 6.61 Å². The Kier molecular flexibility index (Phi) is 3.62. The summed E-state index contributed by atoms with van der Waals surface area (Å²) in [5, 5.41) is 8.14. The molecule has 0 unspecified atom stereocenters. The van der Waals surface area contributed by atoms with E-state index in [1.54, 1.807) is 5.43 Å². The normalized spacial score (nSPS) is 15.3. The quantitative estimate of drug-likeness (QED) is 0.392. The second kappa shape index (κ2) is 3.75. The van der Waals surface area contributed by atoms with Gasteiger partial charge in [0.15, 0.2) is 0 Å². The SMILES string of the molecule is NN[C@H](CCO)C(F)(F)F. The first-order valence-corrected chi connectivity index (χ1v) is 2.66. The van der Waals surface area contributed by atoms with Gasteiger partial charge in [-0.3, -0.25) is 5.84 Å². The fourth-order valence-corrected chi connectivity index (χ4v) is 0.471. The van der Waals surface area contributed by atoms with Crippen molar-refractivity contribution < 1.29 is 18.3 Å². The fraction of sp³-hybridized carbons (Fsp3) is 1.00. The maximum Gasteiger partial charge on any atom is 0.405 e. The van der Waals surface area contributed by atoms with E-state index in [1.807, 2.05) is 0 Å². The molecule has 0 saturated carbocycles. The minimum Gasteiger partial charge on any atom is -0.396 e. The van der Waals surface area contributed by atoms with Crippen molar-refractivity contribution in [2.75, 3.05) is 6.61 Å². The van der Waals surface area contributed by atoms with Crippen LogP contribution in [0.5, 0.6) is 0 Å². The van der Waals surface area contributed by atoms with Gasteiger partial charge in [0.2, 0.25) is 0 Å². The topological polar surface area (TPSA) is 58.3 Å². The van der Waals surface area contributed by atoms with Crippen LogP contribution < -0.4 is 11.3 Å². The van der Waals surface area contributed by atoms with Crippen molar-refractivity contribution in [2.45, 2.75) is 18.6 Å². The Morgan fingerprint density at radius 2 is 2.00 bits per heavy atom. The van der Waals surface area contributed by atoms with Crippen molar-refractivity contribution in [3.05, 3.63) is 0 Å². The van der Waals surface area contributed by atoms with Crippen LogP contribution in [0.25, 0.3) is 0 Å². The number of nitrogens with two attached hydrogens (primary N) is 1. The molecule has 62 valence electrons. The molecule has 0 aliphatic heterocycles. The summed E-state index contributed by atoms with van der Waals surface area (Å²) in [6.07, 6.45) is -4.79. The first-order valence-electron chi connectivity index (χ1n) is 2.66. The van der Waals surface area contributed by atoms with Crippen LogP contribution in [0.3, 0.4) is 0 Å². The number of alkyl halides is 3. The molecule has 0 saturated heterocycles. The van der Waals surface area contributed by atoms with Crippen LogP contribution in [-0.4, -0.2) is 23.9 Å². The molecular formula is C4H9F3N2O. The van der Waals surface area contributed by atoms with Gasteiger partial charge in [-0.25, -0.2) is 5.43 Å². The zero-order valence-corrected chi connectivity index (χ0v) is 5.15. The third kappa shape index (κ3) is 3.00. The molecule has 1 atom stereocenters. The number of nitrogens with one attached hydrogen (secondary N) is 1. The Balaban J connectivity index is 3.81. The van der Waals surface area contributed by atoms with E-state index >= 15 is 0 Å².